The highest BCUT2D eigenvalue weighted by Gasteiger charge is 2.17. The lowest BCUT2D eigenvalue weighted by atomic mass is 10.4. The number of aromatic nitrogens is 3. The fraction of sp³-hybridized carbons (Fsp3) is 0.333. The zero-order chi connectivity index (χ0) is 13.1. The van der Waals surface area contributed by atoms with E-state index in [-0.39, 0.29) is 18.3 Å². The maximum atomic E-state index is 11.9. The first kappa shape index (κ1) is 12.3. The Kier molecular flexibility index (Phi) is 3.42. The van der Waals surface area contributed by atoms with E-state index < -0.39 is 0 Å². The molecule has 0 spiro atoms. The van der Waals surface area contributed by atoms with E-state index in [1.807, 2.05) is 14.1 Å². The molecule has 1 amide bonds. The third-order valence-electron chi connectivity index (χ3n) is 2.04. The smallest absolute Gasteiger partial charge is 0.265 e. The Morgan fingerprint density at radius 3 is 2.94 bits per heavy atom. The first-order valence-electron chi connectivity index (χ1n) is 5.05. The monoisotopic (exact) mass is 268 g/mol. The molecule has 0 saturated heterocycles. The van der Waals surface area contributed by atoms with E-state index in [0.29, 0.717) is 15.8 Å². The summed E-state index contributed by atoms with van der Waals surface area (Å²) in [5, 5.41) is 6.91. The van der Waals surface area contributed by atoms with Crippen molar-refractivity contribution in [3.05, 3.63) is 17.1 Å². The van der Waals surface area contributed by atoms with Gasteiger partial charge in [-0.3, -0.25) is 4.79 Å². The topological polar surface area (TPSA) is 110 Å². The van der Waals surface area contributed by atoms with Crippen LogP contribution < -0.4 is 16.0 Å². The van der Waals surface area contributed by atoms with Crippen molar-refractivity contribution < 1.29 is 9.32 Å². The molecule has 18 heavy (non-hydrogen) atoms. The SMILES string of the molecule is CN(C)c1nc(N)c(C(=O)NCc2ncon2)s1. The fourth-order valence-corrected chi connectivity index (χ4v) is 2.01. The van der Waals surface area contributed by atoms with Crippen molar-refractivity contribution in [2.75, 3.05) is 24.7 Å². The predicted octanol–water partition coefficient (Wildman–Crippen LogP) is 0.104. The molecule has 3 N–H and O–H groups in total. The minimum absolute atomic E-state index is 0.184. The van der Waals surface area contributed by atoms with Gasteiger partial charge >= 0.3 is 0 Å². The van der Waals surface area contributed by atoms with Crippen molar-refractivity contribution in [2.45, 2.75) is 6.54 Å². The van der Waals surface area contributed by atoms with Crippen LogP contribution in [0.2, 0.25) is 0 Å². The summed E-state index contributed by atoms with van der Waals surface area (Å²) in [7, 11) is 3.67. The van der Waals surface area contributed by atoms with Crippen LogP contribution in [0.15, 0.2) is 10.9 Å². The van der Waals surface area contributed by atoms with Gasteiger partial charge in [-0.15, -0.1) is 0 Å². The van der Waals surface area contributed by atoms with Crippen LogP contribution in [-0.4, -0.2) is 35.1 Å². The molecule has 0 unspecified atom stereocenters. The summed E-state index contributed by atoms with van der Waals surface area (Å²) in [5.41, 5.74) is 5.69. The van der Waals surface area contributed by atoms with Gasteiger partial charge in [0.1, 0.15) is 10.7 Å². The highest BCUT2D eigenvalue weighted by atomic mass is 32.1. The van der Waals surface area contributed by atoms with Crippen molar-refractivity contribution in [3.63, 3.8) is 0 Å². The molecule has 2 aromatic rings. The second-order valence-corrected chi connectivity index (χ2v) is 4.61. The first-order valence-corrected chi connectivity index (χ1v) is 5.86. The maximum absolute atomic E-state index is 11.9. The second-order valence-electron chi connectivity index (χ2n) is 3.64. The van der Waals surface area contributed by atoms with E-state index >= 15 is 0 Å². The van der Waals surface area contributed by atoms with Crippen LogP contribution in [0, 0.1) is 0 Å². The highest BCUT2D eigenvalue weighted by Crippen LogP contribution is 2.26. The standard InChI is InChI=1S/C9H12N6O2S/c1-15(2)9-13-7(10)6(18-9)8(16)11-3-5-12-4-17-14-5/h4H,3,10H2,1-2H3,(H,11,16). The first-order chi connectivity index (χ1) is 8.58. The van der Waals surface area contributed by atoms with E-state index in [2.05, 4.69) is 25.0 Å². The third kappa shape index (κ3) is 2.56. The summed E-state index contributed by atoms with van der Waals surface area (Å²) in [6.45, 7) is 0.184. The number of nitrogens with two attached hydrogens (primary N) is 1. The van der Waals surface area contributed by atoms with Crippen molar-refractivity contribution in [1.29, 1.82) is 0 Å². The summed E-state index contributed by atoms with van der Waals surface area (Å²) < 4.78 is 4.56. The number of hydrogen-bond acceptors (Lipinski definition) is 8. The van der Waals surface area contributed by atoms with Gasteiger partial charge in [0.25, 0.3) is 5.91 Å². The van der Waals surface area contributed by atoms with Crippen LogP contribution >= 0.6 is 11.3 Å². The lowest BCUT2D eigenvalue weighted by Crippen LogP contribution is -2.23. The van der Waals surface area contributed by atoms with Crippen LogP contribution in [0.3, 0.4) is 0 Å². The fourth-order valence-electron chi connectivity index (χ4n) is 1.18. The number of rotatable bonds is 4. The summed E-state index contributed by atoms with van der Waals surface area (Å²) in [4.78, 5) is 21.9. The zero-order valence-electron chi connectivity index (χ0n) is 9.88. The van der Waals surface area contributed by atoms with Crippen molar-refractivity contribution in [1.82, 2.24) is 20.4 Å². The van der Waals surface area contributed by atoms with Gasteiger partial charge in [0, 0.05) is 14.1 Å². The molecule has 0 radical (unpaired) electrons. The molecular weight excluding hydrogens is 256 g/mol. The molecule has 0 saturated carbocycles. The van der Waals surface area contributed by atoms with Gasteiger partial charge in [0.2, 0.25) is 6.39 Å². The molecule has 2 rings (SSSR count). The van der Waals surface area contributed by atoms with Gasteiger partial charge in [-0.05, 0) is 0 Å². The molecule has 0 bridgehead atoms. The molecule has 0 atom stereocenters. The normalized spacial score (nSPS) is 10.3. The van der Waals surface area contributed by atoms with Crippen LogP contribution in [0.4, 0.5) is 10.9 Å². The Morgan fingerprint density at radius 1 is 1.61 bits per heavy atom. The Hall–Kier alpha value is -2.16. The Morgan fingerprint density at radius 2 is 2.39 bits per heavy atom. The molecule has 0 aromatic carbocycles. The number of anilines is 2. The number of carbonyl (C=O) groups excluding carboxylic acids is 1. The second kappa shape index (κ2) is 5.00. The molecule has 8 nitrogen and oxygen atoms in total. The summed E-state index contributed by atoms with van der Waals surface area (Å²) in [6.07, 6.45) is 1.20. The summed E-state index contributed by atoms with van der Waals surface area (Å²) >= 11 is 1.23. The maximum Gasteiger partial charge on any atom is 0.265 e. The number of amides is 1. The molecular formula is C9H12N6O2S. The van der Waals surface area contributed by atoms with Gasteiger partial charge in [-0.2, -0.15) is 4.98 Å². The number of nitrogens with zero attached hydrogens (tertiary/aromatic N) is 4. The number of carbonyl (C=O) groups is 1. The minimum Gasteiger partial charge on any atom is -0.382 e. The summed E-state index contributed by atoms with van der Waals surface area (Å²) in [5.74, 6) is 0.316. The lowest BCUT2D eigenvalue weighted by molar-refractivity contribution is 0.0954. The van der Waals surface area contributed by atoms with Gasteiger partial charge in [0.15, 0.2) is 11.0 Å². The van der Waals surface area contributed by atoms with E-state index in [1.165, 1.54) is 17.7 Å². The molecule has 2 aromatic heterocycles. The minimum atomic E-state index is -0.303. The van der Waals surface area contributed by atoms with Crippen LogP contribution in [0.5, 0.6) is 0 Å². The van der Waals surface area contributed by atoms with Crippen LogP contribution in [0.25, 0.3) is 0 Å². The average Bonchev–Trinajstić information content (AvgIpc) is 2.94. The number of hydrogen-bond donors (Lipinski definition) is 2. The zero-order valence-corrected chi connectivity index (χ0v) is 10.7. The average molecular weight is 268 g/mol. The van der Waals surface area contributed by atoms with E-state index in [9.17, 15) is 4.79 Å². The molecule has 0 aliphatic rings. The Bertz CT molecular complexity index is 535. The van der Waals surface area contributed by atoms with Gasteiger partial charge in [-0.25, -0.2) is 4.98 Å². The number of nitrogen functional groups attached to an aromatic ring is 1. The summed E-state index contributed by atoms with van der Waals surface area (Å²) in [6, 6.07) is 0. The molecule has 0 aliphatic carbocycles. The van der Waals surface area contributed by atoms with E-state index in [4.69, 9.17) is 5.73 Å². The third-order valence-corrected chi connectivity index (χ3v) is 3.28. The highest BCUT2D eigenvalue weighted by molar-refractivity contribution is 7.18. The van der Waals surface area contributed by atoms with Crippen molar-refractivity contribution in [3.8, 4) is 0 Å². The Labute approximate surface area is 107 Å². The Balaban J connectivity index is 2.04. The number of nitrogens with one attached hydrogen (secondary N) is 1. The quantitative estimate of drug-likeness (QED) is 0.809. The van der Waals surface area contributed by atoms with Crippen LogP contribution in [-0.2, 0) is 6.54 Å². The molecule has 2 heterocycles. The molecule has 9 heteroatoms. The van der Waals surface area contributed by atoms with E-state index in [0.717, 1.165) is 0 Å². The largest absolute Gasteiger partial charge is 0.382 e. The lowest BCUT2D eigenvalue weighted by Gasteiger charge is -2.04. The van der Waals surface area contributed by atoms with Crippen molar-refractivity contribution in [2.24, 2.45) is 0 Å². The molecule has 0 fully saturated rings. The number of thiazole rings is 1. The van der Waals surface area contributed by atoms with Gasteiger partial charge in [0.05, 0.1) is 6.54 Å². The van der Waals surface area contributed by atoms with Crippen molar-refractivity contribution >= 4 is 28.2 Å². The van der Waals surface area contributed by atoms with E-state index in [1.54, 1.807) is 4.90 Å². The predicted molar refractivity (Wildman–Crippen MR) is 66.3 cm³/mol. The molecule has 96 valence electrons. The van der Waals surface area contributed by atoms with Gasteiger partial charge in [-0.1, -0.05) is 16.5 Å². The molecule has 0 aliphatic heterocycles. The van der Waals surface area contributed by atoms with Gasteiger partial charge < -0.3 is 20.5 Å². The van der Waals surface area contributed by atoms with Crippen LogP contribution in [0.1, 0.15) is 15.5 Å².